The number of anilines is 1. The Morgan fingerprint density at radius 1 is 1.08 bits per heavy atom. The standard InChI is InChI=1S/C24H22ClN7O3S/c1-12-5-14(15-7-21(25)27-9-19(15)35-4)16(8-26-12)22(33)29-24-28-17-10-32(11-20(17)36-24)23(34)18-6-13(2)30-31(18)3/h5-9H,10-11H2,1-4H3,(H,28,29,33). The molecule has 0 saturated heterocycles. The number of hydrogen-bond donors (Lipinski definition) is 1. The van der Waals surface area contributed by atoms with Crippen molar-refractivity contribution in [1.82, 2.24) is 29.6 Å². The van der Waals surface area contributed by atoms with Crippen LogP contribution in [0.3, 0.4) is 0 Å². The van der Waals surface area contributed by atoms with Gasteiger partial charge in [-0.25, -0.2) is 9.97 Å². The van der Waals surface area contributed by atoms with Gasteiger partial charge in [-0.05, 0) is 32.0 Å². The third-order valence-electron chi connectivity index (χ3n) is 5.81. The first kappa shape index (κ1) is 23.9. The highest BCUT2D eigenvalue weighted by molar-refractivity contribution is 7.16. The fraction of sp³-hybridized carbons (Fsp3) is 0.250. The van der Waals surface area contributed by atoms with Crippen LogP contribution in [-0.2, 0) is 20.1 Å². The maximum Gasteiger partial charge on any atom is 0.272 e. The van der Waals surface area contributed by atoms with Gasteiger partial charge in [0.15, 0.2) is 5.13 Å². The molecule has 5 heterocycles. The average molecular weight is 524 g/mol. The molecule has 0 atom stereocenters. The molecule has 10 nitrogen and oxygen atoms in total. The summed E-state index contributed by atoms with van der Waals surface area (Å²) in [5, 5.41) is 7.87. The zero-order valence-electron chi connectivity index (χ0n) is 20.0. The fourth-order valence-corrected chi connectivity index (χ4v) is 5.27. The number of hydrogen-bond acceptors (Lipinski definition) is 8. The number of amides is 2. The van der Waals surface area contributed by atoms with Crippen molar-refractivity contribution < 1.29 is 14.3 Å². The van der Waals surface area contributed by atoms with Gasteiger partial charge in [-0.15, -0.1) is 0 Å². The lowest BCUT2D eigenvalue weighted by atomic mass is 10.0. The van der Waals surface area contributed by atoms with Gasteiger partial charge in [-0.1, -0.05) is 22.9 Å². The Labute approximate surface area is 215 Å². The van der Waals surface area contributed by atoms with Crippen molar-refractivity contribution in [3.05, 3.63) is 69.0 Å². The number of nitrogens with zero attached hydrogens (tertiary/aromatic N) is 6. The van der Waals surface area contributed by atoms with Crippen LogP contribution in [0.25, 0.3) is 11.1 Å². The second kappa shape index (κ2) is 9.32. The lowest BCUT2D eigenvalue weighted by Crippen LogP contribution is -2.27. The first-order valence-corrected chi connectivity index (χ1v) is 12.2. The Morgan fingerprint density at radius 2 is 1.89 bits per heavy atom. The van der Waals surface area contributed by atoms with Crippen molar-refractivity contribution in [2.45, 2.75) is 26.9 Å². The van der Waals surface area contributed by atoms with Crippen molar-refractivity contribution >= 4 is 39.9 Å². The highest BCUT2D eigenvalue weighted by Crippen LogP contribution is 2.35. The van der Waals surface area contributed by atoms with Gasteiger partial charge in [0, 0.05) is 30.1 Å². The minimum atomic E-state index is -0.363. The lowest BCUT2D eigenvalue weighted by Gasteiger charge is -2.15. The van der Waals surface area contributed by atoms with Crippen LogP contribution >= 0.6 is 22.9 Å². The summed E-state index contributed by atoms with van der Waals surface area (Å²) in [5.74, 6) is 0.0214. The van der Waals surface area contributed by atoms with Gasteiger partial charge in [0.2, 0.25) is 0 Å². The number of thiazole rings is 1. The summed E-state index contributed by atoms with van der Waals surface area (Å²) >= 11 is 7.48. The van der Waals surface area contributed by atoms with Gasteiger partial charge < -0.3 is 9.64 Å². The Kier molecular flexibility index (Phi) is 6.19. The van der Waals surface area contributed by atoms with Crippen molar-refractivity contribution in [3.8, 4) is 16.9 Å². The van der Waals surface area contributed by atoms with E-state index in [0.29, 0.717) is 46.4 Å². The fourth-order valence-electron chi connectivity index (χ4n) is 4.13. The number of fused-ring (bicyclic) bond motifs is 1. The van der Waals surface area contributed by atoms with E-state index in [1.165, 1.54) is 30.8 Å². The number of carbonyl (C=O) groups excluding carboxylic acids is 2. The van der Waals surface area contributed by atoms with Crippen molar-refractivity contribution in [2.24, 2.45) is 7.05 Å². The van der Waals surface area contributed by atoms with Gasteiger partial charge in [-0.2, -0.15) is 5.10 Å². The molecule has 0 unspecified atom stereocenters. The normalized spacial score (nSPS) is 12.5. The van der Waals surface area contributed by atoms with E-state index in [-0.39, 0.29) is 17.0 Å². The van der Waals surface area contributed by atoms with Crippen LogP contribution in [0.2, 0.25) is 5.15 Å². The van der Waals surface area contributed by atoms with Crippen LogP contribution in [0, 0.1) is 13.8 Å². The molecule has 0 spiro atoms. The minimum absolute atomic E-state index is 0.103. The van der Waals surface area contributed by atoms with Gasteiger partial charge in [-0.3, -0.25) is 24.6 Å². The smallest absolute Gasteiger partial charge is 0.272 e. The van der Waals surface area contributed by atoms with Crippen LogP contribution in [0.1, 0.15) is 42.8 Å². The van der Waals surface area contributed by atoms with Gasteiger partial charge in [0.05, 0.1) is 48.2 Å². The molecule has 0 bridgehead atoms. The molecule has 0 radical (unpaired) electrons. The zero-order chi connectivity index (χ0) is 25.6. The Hall–Kier alpha value is -3.83. The molecule has 1 aliphatic heterocycles. The summed E-state index contributed by atoms with van der Waals surface area (Å²) < 4.78 is 7.02. The van der Waals surface area contributed by atoms with E-state index in [2.05, 4.69) is 25.4 Å². The molecule has 4 aromatic heterocycles. The van der Waals surface area contributed by atoms with Crippen LogP contribution < -0.4 is 10.1 Å². The molecule has 1 aliphatic rings. The average Bonchev–Trinajstić information content (AvgIpc) is 3.50. The second-order valence-corrected chi connectivity index (χ2v) is 9.85. The maximum atomic E-state index is 13.3. The summed E-state index contributed by atoms with van der Waals surface area (Å²) in [6.45, 7) is 4.49. The first-order valence-electron chi connectivity index (χ1n) is 11.0. The number of methoxy groups -OCH3 is 1. The summed E-state index contributed by atoms with van der Waals surface area (Å²) in [4.78, 5) is 41.8. The van der Waals surface area contributed by atoms with E-state index in [4.69, 9.17) is 16.3 Å². The molecule has 0 aromatic carbocycles. The molecule has 184 valence electrons. The highest BCUT2D eigenvalue weighted by Gasteiger charge is 2.30. The zero-order valence-corrected chi connectivity index (χ0v) is 21.6. The monoisotopic (exact) mass is 523 g/mol. The molecule has 0 saturated carbocycles. The lowest BCUT2D eigenvalue weighted by molar-refractivity contribution is 0.0739. The van der Waals surface area contributed by atoms with E-state index in [1.807, 2.05) is 13.8 Å². The van der Waals surface area contributed by atoms with E-state index in [1.54, 1.807) is 34.8 Å². The van der Waals surface area contributed by atoms with Crippen molar-refractivity contribution in [3.63, 3.8) is 0 Å². The van der Waals surface area contributed by atoms with E-state index >= 15 is 0 Å². The summed E-state index contributed by atoms with van der Waals surface area (Å²) in [6.07, 6.45) is 3.03. The molecule has 5 rings (SSSR count). The number of nitrogens with one attached hydrogen (secondary N) is 1. The number of aromatic nitrogens is 5. The molecule has 36 heavy (non-hydrogen) atoms. The van der Waals surface area contributed by atoms with Gasteiger partial charge in [0.25, 0.3) is 11.8 Å². The van der Waals surface area contributed by atoms with Crippen LogP contribution in [0.15, 0.2) is 30.6 Å². The number of pyridine rings is 2. The molecule has 0 aliphatic carbocycles. The van der Waals surface area contributed by atoms with Gasteiger partial charge >= 0.3 is 0 Å². The topological polar surface area (TPSA) is 115 Å². The number of ether oxygens (including phenoxy) is 1. The molecule has 12 heteroatoms. The summed E-state index contributed by atoms with van der Waals surface area (Å²) in [5.41, 5.74) is 4.42. The SMILES string of the molecule is COc1cnc(Cl)cc1-c1cc(C)ncc1C(=O)Nc1nc2c(s1)CN(C(=O)c1cc(C)nn1C)C2. The minimum Gasteiger partial charge on any atom is -0.494 e. The molecule has 1 N–H and O–H groups in total. The third-order valence-corrected chi connectivity index (χ3v) is 7.02. The van der Waals surface area contributed by atoms with Crippen LogP contribution in [0.4, 0.5) is 5.13 Å². The third kappa shape index (κ3) is 4.42. The molecular weight excluding hydrogens is 502 g/mol. The van der Waals surface area contributed by atoms with E-state index in [0.717, 1.165) is 22.0 Å². The molecule has 0 fully saturated rings. The molecule has 4 aromatic rings. The van der Waals surface area contributed by atoms with Crippen LogP contribution in [-0.4, -0.2) is 48.6 Å². The Bertz CT molecular complexity index is 1490. The number of rotatable bonds is 5. The van der Waals surface area contributed by atoms with Gasteiger partial charge in [0.1, 0.15) is 16.6 Å². The summed E-state index contributed by atoms with van der Waals surface area (Å²) in [7, 11) is 3.28. The maximum absolute atomic E-state index is 13.3. The quantitative estimate of drug-likeness (QED) is 0.393. The molecule has 2 amide bonds. The second-order valence-electron chi connectivity index (χ2n) is 8.38. The Morgan fingerprint density at radius 3 is 2.58 bits per heavy atom. The van der Waals surface area contributed by atoms with E-state index < -0.39 is 0 Å². The molecular formula is C24H22ClN7O3S. The first-order chi connectivity index (χ1) is 17.2. The predicted molar refractivity (Wildman–Crippen MR) is 135 cm³/mol. The summed E-state index contributed by atoms with van der Waals surface area (Å²) in [6, 6.07) is 5.22. The van der Waals surface area contributed by atoms with Crippen molar-refractivity contribution in [1.29, 1.82) is 0 Å². The largest absolute Gasteiger partial charge is 0.494 e. The highest BCUT2D eigenvalue weighted by atomic mass is 35.5. The number of aryl methyl sites for hydroxylation is 3. The van der Waals surface area contributed by atoms with E-state index in [9.17, 15) is 9.59 Å². The number of carbonyl (C=O) groups is 2. The Balaban J connectivity index is 1.36. The van der Waals surface area contributed by atoms with Crippen molar-refractivity contribution in [2.75, 3.05) is 12.4 Å². The predicted octanol–water partition coefficient (Wildman–Crippen LogP) is 4.02. The number of halogens is 1. The van der Waals surface area contributed by atoms with Crippen LogP contribution in [0.5, 0.6) is 5.75 Å².